The average Bonchev–Trinajstić information content (AvgIpc) is 4.26. The van der Waals surface area contributed by atoms with E-state index < -0.39 is 94.8 Å². The first-order valence-corrected chi connectivity index (χ1v) is 27.9. The number of aliphatic hydroxyl groups is 2. The van der Waals surface area contributed by atoms with Gasteiger partial charge in [-0.3, -0.25) is 19.2 Å². The summed E-state index contributed by atoms with van der Waals surface area (Å²) in [5.74, 6) is -7.15. The molecule has 472 valence electrons. The zero-order chi connectivity index (χ0) is 58.2. The van der Waals surface area contributed by atoms with E-state index in [4.69, 9.17) is 43.0 Å². The first kappa shape index (κ1) is 77.2. The quantitative estimate of drug-likeness (QED) is 0.0290. The molecule has 0 amide bonds. The van der Waals surface area contributed by atoms with E-state index >= 15 is 0 Å². The molecule has 0 spiro atoms. The van der Waals surface area contributed by atoms with Crippen molar-refractivity contribution in [3.05, 3.63) is 0 Å². The maximum Gasteiger partial charge on any atom is 0.323 e. The van der Waals surface area contributed by atoms with Gasteiger partial charge >= 0.3 is 23.9 Å². The van der Waals surface area contributed by atoms with Crippen LogP contribution in [0.15, 0.2) is 0 Å². The fourth-order valence-electron chi connectivity index (χ4n) is 16.2. The van der Waals surface area contributed by atoms with Crippen LogP contribution in [0.2, 0.25) is 25.3 Å². The molecule has 0 saturated heterocycles. The fourth-order valence-corrected chi connectivity index (χ4v) is 16.2. The summed E-state index contributed by atoms with van der Waals surface area (Å²) in [5, 5.41) is 97.6. The Morgan fingerprint density at radius 2 is 0.622 bits per heavy atom. The molecule has 8 rings (SSSR count). The summed E-state index contributed by atoms with van der Waals surface area (Å²) in [6, 6.07) is -0.398. The van der Waals surface area contributed by atoms with Crippen LogP contribution in [0.1, 0.15) is 103 Å². The average molecular weight is 1190 g/mol. The lowest BCUT2D eigenvalue weighted by atomic mass is 9.77. The molecule has 0 aliphatic heterocycles. The van der Waals surface area contributed by atoms with Gasteiger partial charge in [0.2, 0.25) is 0 Å². The summed E-state index contributed by atoms with van der Waals surface area (Å²) in [5.41, 5.74) is 18.8. The van der Waals surface area contributed by atoms with Crippen molar-refractivity contribution >= 4 is 53.8 Å². The van der Waals surface area contributed by atoms with E-state index in [1.165, 1.54) is 0 Å². The number of fused-ring (bicyclic) bond motifs is 4. The lowest BCUT2D eigenvalue weighted by molar-refractivity contribution is -0.146. The number of carboxylic acid groups (broad SMARTS) is 4. The van der Waals surface area contributed by atoms with E-state index in [1.807, 2.05) is 0 Å². The van der Waals surface area contributed by atoms with Crippen molar-refractivity contribution in [3.8, 4) is 0 Å². The third-order valence-electron chi connectivity index (χ3n) is 20.2. The minimum Gasteiger partial charge on any atom is -0.480 e. The number of alkyl halides is 4. The highest BCUT2D eigenvalue weighted by Gasteiger charge is 2.65. The van der Waals surface area contributed by atoms with Gasteiger partial charge in [-0.05, 0) is 162 Å². The van der Waals surface area contributed by atoms with Crippen LogP contribution in [-0.2, 0) is 19.2 Å². The van der Waals surface area contributed by atoms with E-state index in [9.17, 15) is 67.4 Å². The third-order valence-corrected chi connectivity index (χ3v) is 20.2. The van der Waals surface area contributed by atoms with Crippen molar-refractivity contribution in [1.82, 2.24) is 10.6 Å². The number of carbonyl (C=O) groups is 4. The number of halogens is 4. The summed E-state index contributed by atoms with van der Waals surface area (Å²) < 4.78 is 56.5. The predicted octanol–water partition coefficient (Wildman–Crippen LogP) is -3.11. The predicted molar refractivity (Wildman–Crippen MR) is 297 cm³/mol. The SMILES string of the molecule is CN[C@@H]1C[C@@H]2[C@@H](C[C@@](N)(C(=O)O)[C@H]2CCC[B]O)[C@@H]1F.CN[C@H]1C[C@@H]2[C@@H](C[C@@](N)(C(=O)O)[C@H]2CCC[B]O)[C@@H]1F.N[C@@]1(C(=O)O)C[C@H]2[C@H](F)[C@@H](O)C[C@H]2[C@@H]1CCC[B]O.N[C@@]1(C(=O)O)C[C@H]2[C@H](F)[C@H](O)C[C@H]2[C@@H]1CCC[B]O.O.O.O.O. The number of aliphatic carboxylic acids is 4. The molecule has 8 aliphatic rings. The molecule has 82 heavy (non-hydrogen) atoms. The Balaban J connectivity index is 0.000000538. The van der Waals surface area contributed by atoms with Gasteiger partial charge in [0.25, 0.3) is 29.9 Å². The van der Waals surface area contributed by atoms with Gasteiger partial charge in [-0.1, -0.05) is 51.0 Å². The number of nitrogens with two attached hydrogens (primary N) is 4. The van der Waals surface area contributed by atoms with Crippen molar-refractivity contribution in [2.24, 2.45) is 93.9 Å². The van der Waals surface area contributed by atoms with Crippen LogP contribution < -0.4 is 33.6 Å². The zero-order valence-electron chi connectivity index (χ0n) is 46.9. The van der Waals surface area contributed by atoms with Crippen molar-refractivity contribution in [2.45, 2.75) is 199 Å². The Bertz CT molecular complexity index is 1880. The Morgan fingerprint density at radius 3 is 0.817 bits per heavy atom. The molecule has 0 unspecified atom stereocenters. The molecule has 0 aromatic carbocycles. The minimum atomic E-state index is -1.41. The van der Waals surface area contributed by atoms with Crippen LogP contribution in [0, 0.1) is 71.0 Å². The first-order chi connectivity index (χ1) is 36.7. The van der Waals surface area contributed by atoms with Crippen molar-refractivity contribution in [3.63, 3.8) is 0 Å². The molecule has 0 aromatic rings. The summed E-state index contributed by atoms with van der Waals surface area (Å²) in [7, 11) is 7.70. The van der Waals surface area contributed by atoms with Crippen LogP contribution in [0.4, 0.5) is 17.6 Å². The Morgan fingerprint density at radius 1 is 0.415 bits per heavy atom. The lowest BCUT2D eigenvalue weighted by Crippen LogP contribution is -2.53. The minimum absolute atomic E-state index is 0. The second-order valence-electron chi connectivity index (χ2n) is 24.0. The van der Waals surface area contributed by atoms with Crippen LogP contribution in [-0.4, -0.2) is 212 Å². The smallest absolute Gasteiger partial charge is 0.323 e. The first-order valence-electron chi connectivity index (χ1n) is 27.9. The normalized spacial score (nSPS) is 42.1. The highest BCUT2D eigenvalue weighted by Crippen LogP contribution is 2.58. The van der Waals surface area contributed by atoms with E-state index in [0.717, 1.165) is 29.9 Å². The van der Waals surface area contributed by atoms with Gasteiger partial charge in [-0.25, -0.2) is 17.6 Å². The monoisotopic (exact) mass is 1190 g/mol. The van der Waals surface area contributed by atoms with Gasteiger partial charge in [0.05, 0.1) is 12.2 Å². The van der Waals surface area contributed by atoms with E-state index in [0.29, 0.717) is 89.5 Å². The zero-order valence-corrected chi connectivity index (χ0v) is 46.9. The van der Waals surface area contributed by atoms with Crippen LogP contribution in [0.5, 0.6) is 0 Å². The number of nitrogens with one attached hydrogen (secondary N) is 2. The number of hydrogen-bond donors (Lipinski definition) is 16. The maximum atomic E-state index is 14.4. The molecule has 28 N–H and O–H groups in total. The largest absolute Gasteiger partial charge is 0.480 e. The van der Waals surface area contributed by atoms with Gasteiger partial charge in [0, 0.05) is 12.1 Å². The van der Waals surface area contributed by atoms with Crippen LogP contribution in [0.3, 0.4) is 0 Å². The number of aliphatic hydroxyl groups excluding tert-OH is 2. The highest BCUT2D eigenvalue weighted by atomic mass is 19.1. The van der Waals surface area contributed by atoms with Gasteiger partial charge in [0.1, 0.15) is 46.8 Å². The molecule has 4 radical (unpaired) electrons. The van der Waals surface area contributed by atoms with Crippen molar-refractivity contribution < 1.29 is 109 Å². The van der Waals surface area contributed by atoms with Crippen LogP contribution >= 0.6 is 0 Å². The van der Waals surface area contributed by atoms with Gasteiger partial charge < -0.3 is 106 Å². The Labute approximate surface area is 479 Å². The number of carboxylic acids is 4. The van der Waals surface area contributed by atoms with Crippen molar-refractivity contribution in [2.75, 3.05) is 14.1 Å². The number of rotatable bonds is 22. The molecular weight excluding hydrogens is 1090 g/mol. The summed E-state index contributed by atoms with van der Waals surface area (Å²) in [4.78, 5) is 45.9. The van der Waals surface area contributed by atoms with Crippen LogP contribution in [0.25, 0.3) is 0 Å². The highest BCUT2D eigenvalue weighted by molar-refractivity contribution is 6.25. The molecule has 8 aliphatic carbocycles. The van der Waals surface area contributed by atoms with E-state index in [2.05, 4.69) is 10.6 Å². The summed E-state index contributed by atoms with van der Waals surface area (Å²) >= 11 is 0. The molecule has 24 nitrogen and oxygen atoms in total. The lowest BCUT2D eigenvalue weighted by Gasteiger charge is -2.31. The molecule has 8 saturated carbocycles. The summed E-state index contributed by atoms with van der Waals surface area (Å²) in [6.45, 7) is 0. The molecule has 32 heteroatoms. The molecule has 0 bridgehead atoms. The molecule has 0 heterocycles. The maximum absolute atomic E-state index is 14.4. The fraction of sp³-hybridized carbons (Fsp3) is 0.920. The summed E-state index contributed by atoms with van der Waals surface area (Å²) in [6.07, 6.45) is 2.45. The number of hydrogen-bond acceptors (Lipinski definition) is 16. The standard InChI is InChI=1S/2C13H23BFN2O3.2C12H20BFNO4.4H2O/c2*1-17-10-5-7-8(11(10)15)6-13(16,12(18)19)9(7)3-2-4-14-20;2*14-10-7-5-12(15,11(17)18)8(2-1-3-13-19)6(7)4-9(10)16;;;;/h2*7-11,17,20H,2-6,16H2,1H3,(H,18,19);2*6-10,16,19H,1-5,15H2,(H,17,18);4*1H2/t7-,8-,9+,10+,11+,13+;7-,8-,9+,10-,11+,13+;6-,7-,8+,9+,10+,12+;6-,7-,8+,9-,10+,12+;;;;/m1111..../s1. The van der Waals surface area contributed by atoms with Crippen molar-refractivity contribution in [1.29, 1.82) is 0 Å². The molecular formula is C50H94B4F4N6O18. The molecule has 8 fully saturated rings. The second kappa shape index (κ2) is 32.8. The van der Waals surface area contributed by atoms with Gasteiger partial charge in [0.15, 0.2) is 0 Å². The molecule has 24 atom stereocenters. The van der Waals surface area contributed by atoms with Gasteiger partial charge in [-0.2, -0.15) is 0 Å². The van der Waals surface area contributed by atoms with E-state index in [1.54, 1.807) is 14.1 Å². The van der Waals surface area contributed by atoms with Gasteiger partial charge in [-0.15, -0.1) is 0 Å². The third kappa shape index (κ3) is 15.7. The topological polar surface area (TPSA) is 525 Å². The second-order valence-corrected chi connectivity index (χ2v) is 24.0. The van der Waals surface area contributed by atoms with E-state index in [-0.39, 0.29) is 132 Å². The Hall–Kier alpha value is -2.78. The molecule has 0 aromatic heterocycles. The Kier molecular flexibility index (Phi) is 30.9.